The highest BCUT2D eigenvalue weighted by Crippen LogP contribution is 2.22. The van der Waals surface area contributed by atoms with E-state index >= 15 is 0 Å². The van der Waals surface area contributed by atoms with Crippen molar-refractivity contribution in [1.82, 2.24) is 10.1 Å². The van der Waals surface area contributed by atoms with E-state index < -0.39 is 12.2 Å². The average molecular weight is 208 g/mol. The van der Waals surface area contributed by atoms with Crippen molar-refractivity contribution in [3.63, 3.8) is 0 Å². The van der Waals surface area contributed by atoms with E-state index in [0.29, 0.717) is 7.05 Å². The summed E-state index contributed by atoms with van der Waals surface area (Å²) < 4.78 is 40.7. The van der Waals surface area contributed by atoms with Gasteiger partial charge in [0.15, 0.2) is 0 Å². The molecule has 1 aromatic rings. The van der Waals surface area contributed by atoms with Gasteiger partial charge in [0, 0.05) is 7.05 Å². The lowest BCUT2D eigenvalue weighted by atomic mass is 10.2. The maximum absolute atomic E-state index is 12.1. The molecule has 1 aromatic heterocycles. The van der Waals surface area contributed by atoms with Crippen LogP contribution >= 0.6 is 0 Å². The van der Waals surface area contributed by atoms with Crippen LogP contribution in [0.5, 0.6) is 0 Å². The molecular weight excluding hydrogens is 201 g/mol. The molecule has 0 fully saturated rings. The van der Waals surface area contributed by atoms with E-state index in [4.69, 9.17) is 0 Å². The van der Waals surface area contributed by atoms with E-state index in [-0.39, 0.29) is 16.2 Å². The Labute approximate surface area is 77.3 Å². The molecule has 0 atom stereocenters. The smallest absolute Gasteiger partial charge is 0.361 e. The number of alkyl halides is 3. The Bertz CT molecular complexity index is 345. The van der Waals surface area contributed by atoms with Crippen LogP contribution in [0.25, 0.3) is 0 Å². The molecular formula is C7H7F3N2O2. The van der Waals surface area contributed by atoms with Gasteiger partial charge in [0.05, 0.1) is 6.20 Å². The van der Waals surface area contributed by atoms with Crippen molar-refractivity contribution in [3.05, 3.63) is 17.5 Å². The van der Waals surface area contributed by atoms with Crippen LogP contribution in [0.4, 0.5) is 13.2 Å². The van der Waals surface area contributed by atoms with Gasteiger partial charge < -0.3 is 4.52 Å². The van der Waals surface area contributed by atoms with Crippen molar-refractivity contribution in [3.8, 4) is 0 Å². The number of aromatic nitrogens is 1. The quantitative estimate of drug-likeness (QED) is 0.658. The predicted molar refractivity (Wildman–Crippen MR) is 39.4 cm³/mol. The third-order valence-corrected chi connectivity index (χ3v) is 1.67. The van der Waals surface area contributed by atoms with E-state index in [9.17, 15) is 18.0 Å². The molecule has 1 rings (SSSR count). The SMILES string of the molecule is Cc1oncc1C(=O)N(C)C(F)(F)F. The molecule has 0 aliphatic heterocycles. The molecule has 0 aliphatic carbocycles. The largest absolute Gasteiger partial charge is 0.487 e. The third-order valence-electron chi connectivity index (χ3n) is 1.67. The van der Waals surface area contributed by atoms with E-state index in [2.05, 4.69) is 9.68 Å². The molecule has 4 nitrogen and oxygen atoms in total. The Balaban J connectivity index is 2.92. The van der Waals surface area contributed by atoms with Crippen LogP contribution in [0, 0.1) is 6.92 Å². The molecule has 7 heteroatoms. The summed E-state index contributed by atoms with van der Waals surface area (Å²) >= 11 is 0. The predicted octanol–water partition coefficient (Wildman–Crippen LogP) is 1.57. The Morgan fingerprint density at radius 1 is 1.57 bits per heavy atom. The van der Waals surface area contributed by atoms with Crippen LogP contribution in [-0.2, 0) is 0 Å². The molecule has 0 unspecified atom stereocenters. The third kappa shape index (κ3) is 1.86. The lowest BCUT2D eigenvalue weighted by Crippen LogP contribution is -2.39. The zero-order chi connectivity index (χ0) is 10.9. The lowest BCUT2D eigenvalue weighted by Gasteiger charge is -2.19. The minimum atomic E-state index is -4.69. The zero-order valence-corrected chi connectivity index (χ0v) is 7.42. The number of carbonyl (C=O) groups excluding carboxylic acids is 1. The second-order valence-electron chi connectivity index (χ2n) is 2.63. The number of hydrogen-bond donors (Lipinski definition) is 0. The first kappa shape index (κ1) is 10.6. The van der Waals surface area contributed by atoms with Crippen LogP contribution in [0.2, 0.25) is 0 Å². The van der Waals surface area contributed by atoms with Gasteiger partial charge >= 0.3 is 6.30 Å². The molecule has 0 saturated heterocycles. The summed E-state index contributed by atoms with van der Waals surface area (Å²) in [7, 11) is 0.648. The van der Waals surface area contributed by atoms with Gasteiger partial charge in [-0.15, -0.1) is 13.2 Å². The molecule has 0 spiro atoms. The van der Waals surface area contributed by atoms with Crippen LogP contribution < -0.4 is 0 Å². The number of rotatable bonds is 1. The molecule has 1 heterocycles. The number of nitrogens with zero attached hydrogens (tertiary/aromatic N) is 2. The first-order valence-corrected chi connectivity index (χ1v) is 3.60. The van der Waals surface area contributed by atoms with E-state index in [1.807, 2.05) is 0 Å². The van der Waals surface area contributed by atoms with Crippen molar-refractivity contribution >= 4 is 5.91 Å². The van der Waals surface area contributed by atoms with Gasteiger partial charge in [-0.25, -0.2) is 0 Å². The summed E-state index contributed by atoms with van der Waals surface area (Å²) in [5, 5.41) is 3.22. The minimum Gasteiger partial charge on any atom is -0.361 e. The van der Waals surface area contributed by atoms with E-state index in [1.54, 1.807) is 0 Å². The standard InChI is InChI=1S/C7H7F3N2O2/c1-4-5(3-11-14-4)6(13)12(2)7(8,9)10/h3H,1-2H3. The molecule has 0 saturated carbocycles. The zero-order valence-electron chi connectivity index (χ0n) is 7.42. The van der Waals surface area contributed by atoms with Crippen molar-refractivity contribution in [2.45, 2.75) is 13.2 Å². The van der Waals surface area contributed by atoms with Gasteiger partial charge in [0.25, 0.3) is 5.91 Å². The van der Waals surface area contributed by atoms with Crippen molar-refractivity contribution < 1.29 is 22.5 Å². The van der Waals surface area contributed by atoms with Gasteiger partial charge in [0.1, 0.15) is 11.3 Å². The van der Waals surface area contributed by atoms with Gasteiger partial charge in [-0.05, 0) is 6.92 Å². The number of carbonyl (C=O) groups is 1. The van der Waals surface area contributed by atoms with Crippen LogP contribution in [-0.4, -0.2) is 29.3 Å². The van der Waals surface area contributed by atoms with Gasteiger partial charge in [-0.2, -0.15) is 0 Å². The molecule has 0 bridgehead atoms. The van der Waals surface area contributed by atoms with Crippen LogP contribution in [0.1, 0.15) is 16.1 Å². The molecule has 78 valence electrons. The fourth-order valence-electron chi connectivity index (χ4n) is 0.800. The number of halogens is 3. The van der Waals surface area contributed by atoms with Gasteiger partial charge in [-0.3, -0.25) is 9.69 Å². The normalized spacial score (nSPS) is 11.5. The number of aryl methyl sites for hydroxylation is 1. The topological polar surface area (TPSA) is 46.3 Å². The molecule has 0 radical (unpaired) electrons. The first-order chi connectivity index (χ1) is 6.34. The summed E-state index contributed by atoms with van der Waals surface area (Å²) in [4.78, 5) is 10.9. The lowest BCUT2D eigenvalue weighted by molar-refractivity contribution is -0.216. The Morgan fingerprint density at radius 2 is 2.14 bits per heavy atom. The summed E-state index contributed by atoms with van der Waals surface area (Å²) in [6, 6.07) is 0. The summed E-state index contributed by atoms with van der Waals surface area (Å²) in [5.41, 5.74) is -0.190. The Kier molecular flexibility index (Phi) is 2.50. The highest BCUT2D eigenvalue weighted by atomic mass is 19.4. The Hall–Kier alpha value is -1.53. The highest BCUT2D eigenvalue weighted by molar-refractivity contribution is 5.94. The van der Waals surface area contributed by atoms with Crippen molar-refractivity contribution in [2.24, 2.45) is 0 Å². The van der Waals surface area contributed by atoms with E-state index in [1.165, 1.54) is 6.92 Å². The fraction of sp³-hybridized carbons (Fsp3) is 0.429. The second-order valence-corrected chi connectivity index (χ2v) is 2.63. The van der Waals surface area contributed by atoms with Crippen LogP contribution in [0.3, 0.4) is 0 Å². The monoisotopic (exact) mass is 208 g/mol. The van der Waals surface area contributed by atoms with Crippen molar-refractivity contribution in [2.75, 3.05) is 7.05 Å². The first-order valence-electron chi connectivity index (χ1n) is 3.60. The molecule has 0 aliphatic rings. The van der Waals surface area contributed by atoms with Gasteiger partial charge in [-0.1, -0.05) is 5.16 Å². The maximum Gasteiger partial charge on any atom is 0.487 e. The Morgan fingerprint density at radius 3 is 2.50 bits per heavy atom. The van der Waals surface area contributed by atoms with Crippen LogP contribution in [0.15, 0.2) is 10.7 Å². The van der Waals surface area contributed by atoms with Gasteiger partial charge in [0.2, 0.25) is 0 Å². The molecule has 0 N–H and O–H groups in total. The molecule has 0 aromatic carbocycles. The molecule has 1 amide bonds. The summed E-state index contributed by atoms with van der Waals surface area (Å²) in [6.07, 6.45) is -3.74. The molecule has 14 heavy (non-hydrogen) atoms. The number of amides is 1. The minimum absolute atomic E-state index is 0.0612. The highest BCUT2D eigenvalue weighted by Gasteiger charge is 2.39. The second kappa shape index (κ2) is 3.32. The summed E-state index contributed by atoms with van der Waals surface area (Å²) in [5.74, 6) is -1.12. The number of hydrogen-bond acceptors (Lipinski definition) is 3. The summed E-state index contributed by atoms with van der Waals surface area (Å²) in [6.45, 7) is 1.37. The maximum atomic E-state index is 12.1. The van der Waals surface area contributed by atoms with E-state index in [0.717, 1.165) is 6.20 Å². The van der Waals surface area contributed by atoms with Crippen molar-refractivity contribution in [1.29, 1.82) is 0 Å². The average Bonchev–Trinajstić information content (AvgIpc) is 2.47. The fourth-order valence-corrected chi connectivity index (χ4v) is 0.800.